The standard InChI is InChI=1S/C30H39N7O6S/c1-8-42-27-19(10-9-11-31-27)30(41)37-12-17(6)32-26(40)24-18(7)43-28(36-24)22(15(2)3)35-25(39)20-14-44-29(33-20)23(16(4)5)34-21(38)13-37/h9-11,14-17,22-23H,8,12-13H2,1-7H3,(H,32,40)(H,34,38)(H,35,39)/t17-,22-,23+/m1/s1. The molecule has 3 aromatic heterocycles. The number of amides is 4. The maximum Gasteiger partial charge on any atom is 0.273 e. The summed E-state index contributed by atoms with van der Waals surface area (Å²) in [6, 6.07) is 1.46. The van der Waals surface area contributed by atoms with Gasteiger partial charge in [0.05, 0.1) is 19.2 Å². The molecule has 0 saturated heterocycles. The summed E-state index contributed by atoms with van der Waals surface area (Å²) in [5.41, 5.74) is 0.434. The number of rotatable bonds is 5. The number of fused-ring (bicyclic) bond motifs is 4. The Balaban J connectivity index is 1.75. The third kappa shape index (κ3) is 7.41. The van der Waals surface area contributed by atoms with Crippen LogP contribution >= 0.6 is 11.3 Å². The fraction of sp³-hybridized carbons (Fsp3) is 0.500. The van der Waals surface area contributed by atoms with Gasteiger partial charge in [-0.25, -0.2) is 15.0 Å². The molecule has 1 aliphatic rings. The molecule has 0 aromatic carbocycles. The third-order valence-electron chi connectivity index (χ3n) is 7.03. The van der Waals surface area contributed by atoms with Gasteiger partial charge in [0.25, 0.3) is 17.7 Å². The summed E-state index contributed by atoms with van der Waals surface area (Å²) in [7, 11) is 0. The highest BCUT2D eigenvalue weighted by atomic mass is 32.1. The fourth-order valence-corrected chi connectivity index (χ4v) is 5.81. The minimum absolute atomic E-state index is 0.000626. The predicted molar refractivity (Wildman–Crippen MR) is 162 cm³/mol. The van der Waals surface area contributed by atoms with E-state index < -0.39 is 41.8 Å². The van der Waals surface area contributed by atoms with E-state index in [1.54, 1.807) is 38.3 Å². The van der Waals surface area contributed by atoms with E-state index in [1.807, 2.05) is 27.7 Å². The maximum atomic E-state index is 13.8. The van der Waals surface area contributed by atoms with E-state index in [9.17, 15) is 19.2 Å². The molecule has 4 rings (SSSR count). The molecule has 0 aliphatic carbocycles. The normalized spacial score (nSPS) is 20.1. The van der Waals surface area contributed by atoms with Gasteiger partial charge in [-0.05, 0) is 44.7 Å². The number of ether oxygens (including phenoxy) is 1. The van der Waals surface area contributed by atoms with Crippen LogP contribution in [0.25, 0.3) is 0 Å². The van der Waals surface area contributed by atoms with Gasteiger partial charge in [0.2, 0.25) is 17.7 Å². The van der Waals surface area contributed by atoms with Crippen LogP contribution in [0.5, 0.6) is 5.88 Å². The Morgan fingerprint density at radius 1 is 1.09 bits per heavy atom. The molecule has 3 atom stereocenters. The monoisotopic (exact) mass is 625 g/mol. The number of nitrogens with one attached hydrogen (secondary N) is 3. The maximum absolute atomic E-state index is 13.8. The molecule has 0 saturated carbocycles. The summed E-state index contributed by atoms with van der Waals surface area (Å²) in [6.45, 7) is 12.8. The molecule has 1 aliphatic heterocycles. The number of oxazole rings is 1. The lowest BCUT2D eigenvalue weighted by Gasteiger charge is -2.28. The molecular weight excluding hydrogens is 586 g/mol. The van der Waals surface area contributed by atoms with E-state index in [0.717, 1.165) is 0 Å². The number of aryl methyl sites for hydroxylation is 1. The van der Waals surface area contributed by atoms with Crippen molar-refractivity contribution in [3.63, 3.8) is 0 Å². The summed E-state index contributed by atoms with van der Waals surface area (Å²) in [4.78, 5) is 68.4. The van der Waals surface area contributed by atoms with Gasteiger partial charge in [-0.2, -0.15) is 0 Å². The molecule has 0 radical (unpaired) electrons. The molecule has 0 fully saturated rings. The van der Waals surface area contributed by atoms with Crippen molar-refractivity contribution in [3.8, 4) is 5.88 Å². The van der Waals surface area contributed by atoms with E-state index in [0.29, 0.717) is 11.6 Å². The number of carbonyl (C=O) groups excluding carboxylic acids is 4. The van der Waals surface area contributed by atoms with Gasteiger partial charge in [0, 0.05) is 24.2 Å². The Labute approximate surface area is 260 Å². The zero-order valence-corrected chi connectivity index (χ0v) is 26.8. The van der Waals surface area contributed by atoms with Gasteiger partial charge >= 0.3 is 0 Å². The molecule has 3 N–H and O–H groups in total. The Morgan fingerprint density at radius 3 is 2.50 bits per heavy atom. The Bertz CT molecular complexity index is 1520. The number of pyridine rings is 1. The SMILES string of the molecule is CCOc1ncccc1C(=O)N1CC(=O)N[C@@H](C(C)C)c2nc(cs2)C(=O)N[C@H](C(C)C)c2nc(c(C)o2)C(=O)N[C@H](C)C1. The van der Waals surface area contributed by atoms with Gasteiger partial charge in [-0.15, -0.1) is 11.3 Å². The van der Waals surface area contributed by atoms with E-state index in [4.69, 9.17) is 9.15 Å². The first-order valence-corrected chi connectivity index (χ1v) is 15.5. The van der Waals surface area contributed by atoms with Crippen LogP contribution in [0, 0.1) is 18.8 Å². The number of aromatic nitrogens is 3. The average molecular weight is 626 g/mol. The highest BCUT2D eigenvalue weighted by Gasteiger charge is 2.31. The predicted octanol–water partition coefficient (Wildman–Crippen LogP) is 3.45. The zero-order chi connectivity index (χ0) is 32.1. The molecular formula is C30H39N7O6S. The first kappa shape index (κ1) is 32.6. The minimum Gasteiger partial charge on any atom is -0.477 e. The topological polar surface area (TPSA) is 169 Å². The summed E-state index contributed by atoms with van der Waals surface area (Å²) in [5.74, 6) is -1.44. The largest absolute Gasteiger partial charge is 0.477 e. The van der Waals surface area contributed by atoms with Crippen molar-refractivity contribution in [2.24, 2.45) is 11.8 Å². The number of hydrogen-bond donors (Lipinski definition) is 3. The molecule has 3 aromatic rings. The number of hydrogen-bond acceptors (Lipinski definition) is 10. The number of carbonyl (C=O) groups is 4. The fourth-order valence-electron chi connectivity index (χ4n) is 4.79. The molecule has 0 spiro atoms. The molecule has 44 heavy (non-hydrogen) atoms. The summed E-state index contributed by atoms with van der Waals surface area (Å²) in [5, 5.41) is 11.0. The second-order valence-corrected chi connectivity index (χ2v) is 12.3. The zero-order valence-electron chi connectivity index (χ0n) is 26.0. The van der Waals surface area contributed by atoms with Crippen LogP contribution in [0.1, 0.15) is 102 Å². The Kier molecular flexibility index (Phi) is 10.3. The van der Waals surface area contributed by atoms with E-state index >= 15 is 0 Å². The van der Waals surface area contributed by atoms with Gasteiger partial charge < -0.3 is 30.0 Å². The average Bonchev–Trinajstić information content (AvgIpc) is 3.60. The van der Waals surface area contributed by atoms with Crippen LogP contribution in [0.4, 0.5) is 0 Å². The smallest absolute Gasteiger partial charge is 0.273 e. The third-order valence-corrected chi connectivity index (χ3v) is 7.96. The van der Waals surface area contributed by atoms with Crippen LogP contribution in [0.2, 0.25) is 0 Å². The van der Waals surface area contributed by atoms with E-state index in [-0.39, 0.29) is 59.4 Å². The molecule has 236 valence electrons. The van der Waals surface area contributed by atoms with E-state index in [2.05, 4.69) is 30.9 Å². The van der Waals surface area contributed by atoms with Crippen LogP contribution in [-0.2, 0) is 4.79 Å². The first-order valence-electron chi connectivity index (χ1n) is 14.6. The van der Waals surface area contributed by atoms with Crippen molar-refractivity contribution in [3.05, 3.63) is 57.3 Å². The van der Waals surface area contributed by atoms with Gasteiger partial charge in [0.15, 0.2) is 5.69 Å². The van der Waals surface area contributed by atoms with E-state index in [1.165, 1.54) is 22.4 Å². The molecule has 0 unspecified atom stereocenters. The lowest BCUT2D eigenvalue weighted by atomic mass is 10.0. The molecule has 14 heteroatoms. The Hall–Kier alpha value is -4.33. The summed E-state index contributed by atoms with van der Waals surface area (Å²) in [6.07, 6.45) is 1.52. The van der Waals surface area contributed by atoms with Gasteiger partial charge in [0.1, 0.15) is 28.1 Å². The lowest BCUT2D eigenvalue weighted by molar-refractivity contribution is -0.122. The summed E-state index contributed by atoms with van der Waals surface area (Å²) < 4.78 is 11.4. The van der Waals surface area contributed by atoms with Crippen molar-refractivity contribution in [2.45, 2.75) is 66.6 Å². The number of nitrogens with zero attached hydrogens (tertiary/aromatic N) is 4. The lowest BCUT2D eigenvalue weighted by Crippen LogP contribution is -2.48. The van der Waals surface area contributed by atoms with Crippen molar-refractivity contribution in [1.82, 2.24) is 35.8 Å². The first-order chi connectivity index (χ1) is 20.9. The van der Waals surface area contributed by atoms with Gasteiger partial charge in [-0.1, -0.05) is 27.7 Å². The molecule has 4 bridgehead atoms. The summed E-state index contributed by atoms with van der Waals surface area (Å²) >= 11 is 1.26. The highest BCUT2D eigenvalue weighted by molar-refractivity contribution is 7.09. The van der Waals surface area contributed by atoms with Crippen molar-refractivity contribution in [1.29, 1.82) is 0 Å². The minimum atomic E-state index is -0.628. The van der Waals surface area contributed by atoms with Crippen LogP contribution in [-0.4, -0.2) is 69.2 Å². The van der Waals surface area contributed by atoms with Crippen LogP contribution < -0.4 is 20.7 Å². The number of thiazole rings is 1. The Morgan fingerprint density at radius 2 is 1.82 bits per heavy atom. The van der Waals surface area contributed by atoms with Crippen LogP contribution in [0.15, 0.2) is 28.1 Å². The molecule has 13 nitrogen and oxygen atoms in total. The highest BCUT2D eigenvalue weighted by Crippen LogP contribution is 2.28. The second kappa shape index (κ2) is 14.0. The second-order valence-electron chi connectivity index (χ2n) is 11.4. The van der Waals surface area contributed by atoms with Crippen molar-refractivity contribution < 1.29 is 28.3 Å². The van der Waals surface area contributed by atoms with Crippen LogP contribution in [0.3, 0.4) is 0 Å². The van der Waals surface area contributed by atoms with Crippen molar-refractivity contribution >= 4 is 35.0 Å². The van der Waals surface area contributed by atoms with Crippen molar-refractivity contribution in [2.75, 3.05) is 19.7 Å². The molecule has 4 amide bonds. The molecule has 4 heterocycles. The van der Waals surface area contributed by atoms with Gasteiger partial charge in [-0.3, -0.25) is 19.2 Å². The quantitative estimate of drug-likeness (QED) is 0.385.